The first kappa shape index (κ1) is 16.2. The fourth-order valence-corrected chi connectivity index (χ4v) is 3.61. The van der Waals surface area contributed by atoms with Crippen LogP contribution in [0.1, 0.15) is 25.7 Å². The monoisotopic (exact) mass is 287 g/mol. The third-order valence-electron chi connectivity index (χ3n) is 4.68. The second-order valence-electron chi connectivity index (χ2n) is 5.97. The van der Waals surface area contributed by atoms with Crippen molar-refractivity contribution in [3.8, 4) is 11.5 Å². The van der Waals surface area contributed by atoms with Crippen molar-refractivity contribution in [1.82, 2.24) is 4.90 Å². The fourth-order valence-electron chi connectivity index (χ4n) is 3.61. The van der Waals surface area contributed by atoms with Gasteiger partial charge in [-0.15, -0.1) is 0 Å². The lowest BCUT2D eigenvalue weighted by Gasteiger charge is -2.35. The highest BCUT2D eigenvalue weighted by molar-refractivity contribution is 6.12. The lowest BCUT2D eigenvalue weighted by molar-refractivity contribution is 0.215. The Morgan fingerprint density at radius 3 is 2.19 bits per heavy atom. The summed E-state index contributed by atoms with van der Waals surface area (Å²) in [4.78, 5) is 2.45. The first-order chi connectivity index (χ1) is 10.2. The molecule has 1 saturated heterocycles. The number of ether oxygens (including phenoxy) is 2. The van der Waals surface area contributed by atoms with E-state index < -0.39 is 0 Å². The van der Waals surface area contributed by atoms with Gasteiger partial charge in [0.25, 0.3) is 0 Å². The molecule has 0 bridgehead atoms. The van der Waals surface area contributed by atoms with Crippen LogP contribution < -0.4 is 9.47 Å². The topological polar surface area (TPSA) is 21.7 Å². The molecule has 2 aliphatic rings. The molecule has 1 aromatic carbocycles. The maximum absolute atomic E-state index is 6.07. The molecule has 2 radical (unpaired) electrons. The van der Waals surface area contributed by atoms with Crippen LogP contribution in [-0.2, 0) is 0 Å². The standard InChI is InChI=1S/C9H16BN.C8H10O2/c1-11-6-5-7-3-2-4-8(10)9(7)11;1-9-7-5-3-4-6-8(7)10-2/h7-9H,2-6H2,1H3;3-6H,1-2H3. The van der Waals surface area contributed by atoms with Gasteiger partial charge in [0.05, 0.1) is 22.1 Å². The SMILES string of the molecule is COc1ccccc1OC.[B]C1CCCC2CCN(C)C12. The quantitative estimate of drug-likeness (QED) is 0.780. The summed E-state index contributed by atoms with van der Waals surface area (Å²) >= 11 is 0. The Bertz CT molecular complexity index is 416. The largest absolute Gasteiger partial charge is 0.493 e. The maximum Gasteiger partial charge on any atom is 0.160 e. The Hall–Kier alpha value is -1.16. The zero-order valence-corrected chi connectivity index (χ0v) is 13.4. The summed E-state index contributed by atoms with van der Waals surface area (Å²) in [5.74, 6) is 2.92. The maximum atomic E-state index is 6.07. The number of methoxy groups -OCH3 is 2. The molecule has 1 aliphatic carbocycles. The van der Waals surface area contributed by atoms with Gasteiger partial charge < -0.3 is 14.4 Å². The Labute approximate surface area is 130 Å². The molecule has 1 aromatic rings. The van der Waals surface area contributed by atoms with Gasteiger partial charge in [0.1, 0.15) is 0 Å². The van der Waals surface area contributed by atoms with Gasteiger partial charge in [-0.1, -0.05) is 30.8 Å². The summed E-state index contributed by atoms with van der Waals surface area (Å²) in [6.45, 7) is 1.27. The molecule has 0 spiro atoms. The van der Waals surface area contributed by atoms with Crippen molar-refractivity contribution < 1.29 is 9.47 Å². The van der Waals surface area contributed by atoms with Crippen LogP contribution in [0, 0.1) is 5.92 Å². The van der Waals surface area contributed by atoms with Gasteiger partial charge in [-0.25, -0.2) is 0 Å². The van der Waals surface area contributed by atoms with Gasteiger partial charge in [0, 0.05) is 6.04 Å². The van der Waals surface area contributed by atoms with E-state index in [1.54, 1.807) is 14.2 Å². The van der Waals surface area contributed by atoms with Crippen molar-refractivity contribution >= 4 is 7.85 Å². The number of rotatable bonds is 2. The minimum absolute atomic E-state index is 0.459. The number of benzene rings is 1. The van der Waals surface area contributed by atoms with E-state index in [1.807, 2.05) is 24.3 Å². The second kappa shape index (κ2) is 7.74. The molecule has 1 saturated carbocycles. The fraction of sp³-hybridized carbons (Fsp3) is 0.647. The number of fused-ring (bicyclic) bond motifs is 1. The molecule has 3 nitrogen and oxygen atoms in total. The van der Waals surface area contributed by atoms with Crippen LogP contribution >= 0.6 is 0 Å². The molecule has 0 amide bonds. The molecular weight excluding hydrogens is 261 g/mol. The number of para-hydroxylation sites is 2. The number of hydrogen-bond donors (Lipinski definition) is 0. The third kappa shape index (κ3) is 3.94. The Morgan fingerprint density at radius 2 is 1.67 bits per heavy atom. The van der Waals surface area contributed by atoms with Crippen LogP contribution in [0.2, 0.25) is 5.82 Å². The summed E-state index contributed by atoms with van der Waals surface area (Å²) in [5.41, 5.74) is 0. The van der Waals surface area contributed by atoms with Crippen LogP contribution in [0.4, 0.5) is 0 Å². The lowest BCUT2D eigenvalue weighted by Crippen LogP contribution is -2.36. The number of likely N-dealkylation sites (tertiary alicyclic amines) is 1. The van der Waals surface area contributed by atoms with Crippen LogP contribution in [0.25, 0.3) is 0 Å². The van der Waals surface area contributed by atoms with E-state index in [4.69, 9.17) is 17.3 Å². The molecule has 21 heavy (non-hydrogen) atoms. The van der Waals surface area contributed by atoms with E-state index in [0.29, 0.717) is 11.9 Å². The van der Waals surface area contributed by atoms with Gasteiger partial charge in [0.15, 0.2) is 11.5 Å². The van der Waals surface area contributed by atoms with Crippen molar-refractivity contribution in [3.63, 3.8) is 0 Å². The normalized spacial score (nSPS) is 28.2. The zero-order valence-electron chi connectivity index (χ0n) is 13.4. The van der Waals surface area contributed by atoms with Gasteiger partial charge in [-0.2, -0.15) is 0 Å². The van der Waals surface area contributed by atoms with Crippen molar-refractivity contribution in [1.29, 1.82) is 0 Å². The molecular formula is C17H26BNO2. The van der Waals surface area contributed by atoms with Gasteiger partial charge in [-0.3, -0.25) is 0 Å². The van der Waals surface area contributed by atoms with Gasteiger partial charge >= 0.3 is 0 Å². The van der Waals surface area contributed by atoms with Crippen LogP contribution in [0.3, 0.4) is 0 Å². The zero-order chi connectivity index (χ0) is 15.2. The number of nitrogens with zero attached hydrogens (tertiary/aromatic N) is 1. The average molecular weight is 287 g/mol. The summed E-state index contributed by atoms with van der Waals surface area (Å²) in [7, 11) is 11.5. The first-order valence-corrected chi connectivity index (χ1v) is 7.80. The Balaban J connectivity index is 0.000000155. The molecule has 3 unspecified atom stereocenters. The highest BCUT2D eigenvalue weighted by Crippen LogP contribution is 2.40. The predicted octanol–water partition coefficient (Wildman–Crippen LogP) is 3.15. The minimum Gasteiger partial charge on any atom is -0.493 e. The van der Waals surface area contributed by atoms with Crippen molar-refractivity contribution in [3.05, 3.63) is 24.3 Å². The van der Waals surface area contributed by atoms with Crippen LogP contribution in [0.15, 0.2) is 24.3 Å². The van der Waals surface area contributed by atoms with E-state index in [2.05, 4.69) is 11.9 Å². The summed E-state index contributed by atoms with van der Waals surface area (Å²) in [6, 6.07) is 8.24. The summed E-state index contributed by atoms with van der Waals surface area (Å²) < 4.78 is 10.0. The highest BCUT2D eigenvalue weighted by Gasteiger charge is 2.37. The van der Waals surface area contributed by atoms with Crippen molar-refractivity contribution in [2.24, 2.45) is 5.92 Å². The first-order valence-electron chi connectivity index (χ1n) is 7.80. The second-order valence-corrected chi connectivity index (χ2v) is 5.97. The van der Waals surface area contributed by atoms with E-state index in [9.17, 15) is 0 Å². The van der Waals surface area contributed by atoms with Crippen LogP contribution in [0.5, 0.6) is 11.5 Å². The van der Waals surface area contributed by atoms with E-state index >= 15 is 0 Å². The molecule has 3 atom stereocenters. The average Bonchev–Trinajstić information content (AvgIpc) is 2.90. The molecule has 3 rings (SSSR count). The summed E-state index contributed by atoms with van der Waals surface area (Å²) in [5, 5.41) is 0. The molecule has 0 aromatic heterocycles. The minimum atomic E-state index is 0.459. The molecule has 1 aliphatic heterocycles. The summed E-state index contributed by atoms with van der Waals surface area (Å²) in [6.07, 6.45) is 5.40. The van der Waals surface area contributed by atoms with E-state index in [1.165, 1.54) is 32.2 Å². The van der Waals surface area contributed by atoms with E-state index in [0.717, 1.165) is 17.4 Å². The highest BCUT2D eigenvalue weighted by atomic mass is 16.5. The predicted molar refractivity (Wildman–Crippen MR) is 87.4 cm³/mol. The molecule has 0 N–H and O–H groups in total. The smallest absolute Gasteiger partial charge is 0.160 e. The third-order valence-corrected chi connectivity index (χ3v) is 4.68. The molecule has 2 fully saturated rings. The van der Waals surface area contributed by atoms with Gasteiger partial charge in [-0.05, 0) is 44.5 Å². The van der Waals surface area contributed by atoms with Crippen molar-refractivity contribution in [2.45, 2.75) is 37.5 Å². The lowest BCUT2D eigenvalue weighted by atomic mass is 9.68. The Kier molecular flexibility index (Phi) is 5.98. The van der Waals surface area contributed by atoms with Crippen molar-refractivity contribution in [2.75, 3.05) is 27.8 Å². The van der Waals surface area contributed by atoms with Gasteiger partial charge in [0.2, 0.25) is 0 Å². The molecule has 1 heterocycles. The molecule has 4 heteroatoms. The Morgan fingerprint density at radius 1 is 1.05 bits per heavy atom. The van der Waals surface area contributed by atoms with Crippen LogP contribution in [-0.4, -0.2) is 46.6 Å². The number of hydrogen-bond acceptors (Lipinski definition) is 3. The van der Waals surface area contributed by atoms with E-state index in [-0.39, 0.29) is 0 Å². The molecule has 114 valence electrons.